The minimum atomic E-state index is -1.25. The van der Waals surface area contributed by atoms with Crippen LogP contribution in [0.4, 0.5) is 0 Å². The fraction of sp³-hybridized carbons (Fsp3) is 0.263. The summed E-state index contributed by atoms with van der Waals surface area (Å²) in [5, 5.41) is 19.5. The number of aromatic carboxylic acids is 1. The zero-order valence-electron chi connectivity index (χ0n) is 14.4. The van der Waals surface area contributed by atoms with Gasteiger partial charge in [0.05, 0.1) is 11.6 Å². The van der Waals surface area contributed by atoms with E-state index in [9.17, 15) is 19.7 Å². The lowest BCUT2D eigenvalue weighted by molar-refractivity contribution is -0.120. The van der Waals surface area contributed by atoms with E-state index in [2.05, 4.69) is 0 Å². The molecule has 0 bridgehead atoms. The highest BCUT2D eigenvalue weighted by molar-refractivity contribution is 6.47. The molecule has 1 aliphatic rings. The Balaban J connectivity index is 1.74. The number of hydrogen-bond acceptors (Lipinski definition) is 5. The van der Waals surface area contributed by atoms with Gasteiger partial charge in [0.15, 0.2) is 5.78 Å². The number of carboxylic acids is 1. The Hall–Kier alpha value is -2.64. The van der Waals surface area contributed by atoms with E-state index in [0.29, 0.717) is 12.0 Å². The predicted octanol–water partition coefficient (Wildman–Crippen LogP) is 2.14. The Labute approximate surface area is 151 Å². The molecule has 0 unspecified atom stereocenters. The van der Waals surface area contributed by atoms with Crippen LogP contribution in [-0.4, -0.2) is 29.0 Å². The molecule has 2 aromatic carbocycles. The van der Waals surface area contributed by atoms with Gasteiger partial charge >= 0.3 is 13.1 Å². The highest BCUT2D eigenvalue weighted by Crippen LogP contribution is 2.36. The van der Waals surface area contributed by atoms with Crippen molar-refractivity contribution in [2.45, 2.75) is 31.6 Å². The first-order chi connectivity index (χ1) is 12.4. The molecule has 1 heterocycles. The lowest BCUT2D eigenvalue weighted by Gasteiger charge is -2.28. The molecule has 2 atom stereocenters. The standard InChI is InChI=1S/C19H20BNO5/c1-11-5-7-12(8-6-11)17(21)16(22)10-14-9-13-3-2-4-15(19(23)24)18(13)26-20(14)25/h2-8,14,17,25H,9-10,21H2,1H3,(H,23,24)/t14-,17+/m1/s1. The number of para-hydroxylation sites is 1. The Morgan fingerprint density at radius 1 is 1.27 bits per heavy atom. The summed E-state index contributed by atoms with van der Waals surface area (Å²) < 4.78 is 5.42. The van der Waals surface area contributed by atoms with Crippen LogP contribution in [-0.2, 0) is 11.2 Å². The van der Waals surface area contributed by atoms with Crippen LogP contribution in [0.5, 0.6) is 5.75 Å². The topological polar surface area (TPSA) is 110 Å². The zero-order chi connectivity index (χ0) is 18.8. The Morgan fingerprint density at radius 2 is 1.96 bits per heavy atom. The molecule has 4 N–H and O–H groups in total. The first-order valence-corrected chi connectivity index (χ1v) is 8.41. The number of benzene rings is 2. The SMILES string of the molecule is Cc1ccc([C@H](N)C(=O)C[C@H]2Cc3cccc(C(=O)O)c3OB2O)cc1. The summed E-state index contributed by atoms with van der Waals surface area (Å²) in [4.78, 5) is 23.8. The van der Waals surface area contributed by atoms with Gasteiger partial charge in [0, 0.05) is 12.2 Å². The summed E-state index contributed by atoms with van der Waals surface area (Å²) in [5.74, 6) is -1.63. The molecule has 0 amide bonds. The molecule has 1 aliphatic heterocycles. The van der Waals surface area contributed by atoms with Crippen molar-refractivity contribution in [1.29, 1.82) is 0 Å². The normalized spacial score (nSPS) is 17.2. The number of carbonyl (C=O) groups is 2. The molecule has 0 saturated heterocycles. The second kappa shape index (κ2) is 7.31. The van der Waals surface area contributed by atoms with Crippen molar-refractivity contribution in [1.82, 2.24) is 0 Å². The average Bonchev–Trinajstić information content (AvgIpc) is 2.61. The molecule has 6 nitrogen and oxygen atoms in total. The molecule has 0 spiro atoms. The zero-order valence-corrected chi connectivity index (χ0v) is 14.4. The molecule has 0 aromatic heterocycles. The van der Waals surface area contributed by atoms with Gasteiger partial charge in [-0.2, -0.15) is 0 Å². The maximum absolute atomic E-state index is 12.5. The van der Waals surface area contributed by atoms with Crippen LogP contribution >= 0.6 is 0 Å². The number of carboxylic acid groups (broad SMARTS) is 1. The van der Waals surface area contributed by atoms with Crippen molar-refractivity contribution in [3.63, 3.8) is 0 Å². The number of nitrogens with two attached hydrogens (primary N) is 1. The van der Waals surface area contributed by atoms with Crippen LogP contribution in [0.2, 0.25) is 5.82 Å². The monoisotopic (exact) mass is 353 g/mol. The average molecular weight is 353 g/mol. The van der Waals surface area contributed by atoms with Crippen LogP contribution in [0.15, 0.2) is 42.5 Å². The van der Waals surface area contributed by atoms with Gasteiger partial charge in [0.2, 0.25) is 0 Å². The third-order valence-electron chi connectivity index (χ3n) is 4.70. The highest BCUT2D eigenvalue weighted by Gasteiger charge is 2.38. The van der Waals surface area contributed by atoms with Gasteiger partial charge in [0.1, 0.15) is 5.75 Å². The highest BCUT2D eigenvalue weighted by atomic mass is 16.5. The van der Waals surface area contributed by atoms with Crippen molar-refractivity contribution < 1.29 is 24.4 Å². The van der Waals surface area contributed by atoms with E-state index in [1.807, 2.05) is 31.2 Å². The van der Waals surface area contributed by atoms with Crippen molar-refractivity contribution in [3.8, 4) is 5.75 Å². The first kappa shape index (κ1) is 18.2. The van der Waals surface area contributed by atoms with Gasteiger partial charge in [-0.1, -0.05) is 42.0 Å². The Morgan fingerprint density at radius 3 is 2.62 bits per heavy atom. The number of ketones is 1. The maximum atomic E-state index is 12.5. The number of fused-ring (bicyclic) bond motifs is 1. The van der Waals surface area contributed by atoms with E-state index in [1.165, 1.54) is 6.07 Å². The largest absolute Gasteiger partial charge is 0.535 e. The summed E-state index contributed by atoms with van der Waals surface area (Å²) in [6, 6.07) is 11.4. The summed E-state index contributed by atoms with van der Waals surface area (Å²) in [7, 11) is -1.25. The summed E-state index contributed by atoms with van der Waals surface area (Å²) in [6.07, 6.45) is 0.400. The lowest BCUT2D eigenvalue weighted by atomic mass is 9.64. The number of rotatable bonds is 5. The quantitative estimate of drug-likeness (QED) is 0.711. The second-order valence-corrected chi connectivity index (χ2v) is 6.63. The van der Waals surface area contributed by atoms with E-state index >= 15 is 0 Å². The third-order valence-corrected chi connectivity index (χ3v) is 4.70. The van der Waals surface area contributed by atoms with Crippen molar-refractivity contribution in [2.24, 2.45) is 5.73 Å². The summed E-state index contributed by atoms with van der Waals surface area (Å²) in [5.41, 5.74) is 8.53. The van der Waals surface area contributed by atoms with Gasteiger partial charge in [0.25, 0.3) is 0 Å². The molecule has 0 radical (unpaired) electrons. The number of Topliss-reactive ketones (excluding diaryl/α,β-unsaturated/α-hetero) is 1. The van der Waals surface area contributed by atoms with Crippen LogP contribution < -0.4 is 10.4 Å². The second-order valence-electron chi connectivity index (χ2n) is 6.63. The molecule has 26 heavy (non-hydrogen) atoms. The van der Waals surface area contributed by atoms with E-state index < -0.39 is 24.9 Å². The summed E-state index contributed by atoms with van der Waals surface area (Å²) >= 11 is 0. The molecule has 3 rings (SSSR count). The van der Waals surface area contributed by atoms with Crippen LogP contribution in [0, 0.1) is 6.92 Å². The van der Waals surface area contributed by atoms with Gasteiger partial charge in [-0.3, -0.25) is 4.79 Å². The molecule has 2 aromatic rings. The van der Waals surface area contributed by atoms with Crippen LogP contribution in [0.3, 0.4) is 0 Å². The molecule has 134 valence electrons. The molecular formula is C19H20BNO5. The molecule has 7 heteroatoms. The number of aryl methyl sites for hydroxylation is 1. The van der Waals surface area contributed by atoms with Gasteiger partial charge in [-0.25, -0.2) is 4.79 Å². The van der Waals surface area contributed by atoms with E-state index in [0.717, 1.165) is 11.1 Å². The minimum absolute atomic E-state index is 0.00248. The van der Waals surface area contributed by atoms with E-state index in [1.54, 1.807) is 12.1 Å². The van der Waals surface area contributed by atoms with Crippen molar-refractivity contribution >= 4 is 18.9 Å². The van der Waals surface area contributed by atoms with Gasteiger partial charge in [-0.15, -0.1) is 0 Å². The molecule has 0 aliphatic carbocycles. The fourth-order valence-corrected chi connectivity index (χ4v) is 3.17. The van der Waals surface area contributed by atoms with Gasteiger partial charge < -0.3 is 20.5 Å². The first-order valence-electron chi connectivity index (χ1n) is 8.41. The molecule has 0 fully saturated rings. The van der Waals surface area contributed by atoms with Crippen molar-refractivity contribution in [3.05, 3.63) is 64.7 Å². The van der Waals surface area contributed by atoms with Crippen molar-refractivity contribution in [2.75, 3.05) is 0 Å². The summed E-state index contributed by atoms with van der Waals surface area (Å²) in [6.45, 7) is 1.95. The van der Waals surface area contributed by atoms with E-state index in [-0.39, 0.29) is 23.5 Å². The maximum Gasteiger partial charge on any atom is 0.526 e. The Kier molecular flexibility index (Phi) is 5.11. The van der Waals surface area contributed by atoms with Crippen LogP contribution in [0.25, 0.3) is 0 Å². The van der Waals surface area contributed by atoms with E-state index in [4.69, 9.17) is 10.4 Å². The molecule has 0 saturated carbocycles. The number of hydrogen-bond donors (Lipinski definition) is 3. The molecular weight excluding hydrogens is 333 g/mol. The van der Waals surface area contributed by atoms with Gasteiger partial charge in [-0.05, 0) is 30.5 Å². The minimum Gasteiger partial charge on any atom is -0.535 e. The van der Waals surface area contributed by atoms with Crippen LogP contribution in [0.1, 0.15) is 39.5 Å². The third kappa shape index (κ3) is 3.64. The fourth-order valence-electron chi connectivity index (χ4n) is 3.17. The smallest absolute Gasteiger partial charge is 0.526 e. The Bertz CT molecular complexity index is 836. The number of carbonyl (C=O) groups excluding carboxylic acids is 1. The lowest BCUT2D eigenvalue weighted by Crippen LogP contribution is -2.37. The predicted molar refractivity (Wildman–Crippen MR) is 97.2 cm³/mol.